The van der Waals surface area contributed by atoms with Crippen molar-refractivity contribution in [1.29, 1.82) is 0 Å². The third-order valence-electron chi connectivity index (χ3n) is 0.559. The van der Waals surface area contributed by atoms with E-state index in [0.717, 1.165) is 6.08 Å². The third-order valence-corrected chi connectivity index (χ3v) is 0.559. The second-order valence-electron chi connectivity index (χ2n) is 1.53. The van der Waals surface area contributed by atoms with Crippen LogP contribution in [-0.2, 0) is 9.45 Å². The van der Waals surface area contributed by atoms with E-state index in [-0.39, 0.29) is 13.2 Å². The molecule has 0 radical (unpaired) electrons. The Hall–Kier alpha value is -0.885. The lowest BCUT2D eigenvalue weighted by Crippen LogP contribution is -2.18. The molecule has 0 saturated carbocycles. The number of primary amides is 1. The molecule has 0 saturated heterocycles. The maximum atomic E-state index is 9.47. The van der Waals surface area contributed by atoms with Gasteiger partial charge in [0.25, 0.3) is 0 Å². The summed E-state index contributed by atoms with van der Waals surface area (Å²) in [5.41, 5.74) is 4.53. The van der Waals surface area contributed by atoms with E-state index >= 15 is 0 Å². The Morgan fingerprint density at radius 1 is 1.67 bits per heavy atom. The third kappa shape index (κ3) is 22.9. The maximum absolute atomic E-state index is 9.47. The fourth-order valence-corrected chi connectivity index (χ4v) is 0.158. The van der Waals surface area contributed by atoms with E-state index in [9.17, 15) is 4.79 Å². The van der Waals surface area contributed by atoms with E-state index in [4.69, 9.17) is 15.2 Å². The second kappa shape index (κ2) is 10.1. The Morgan fingerprint density at radius 2 is 2.08 bits per heavy atom. The molecule has 0 aliphatic heterocycles. The minimum Gasteiger partial charge on any atom is -0.402 e. The highest BCUT2D eigenvalue weighted by Crippen LogP contribution is 1.70. The molecule has 0 aromatic heterocycles. The molecule has 0 heterocycles. The predicted octanol–water partition coefficient (Wildman–Crippen LogP) is -2.38. The van der Waals surface area contributed by atoms with Crippen LogP contribution in [-0.4, -0.2) is 41.6 Å². The van der Waals surface area contributed by atoms with Gasteiger partial charge in [0.2, 0.25) is 5.91 Å². The summed E-state index contributed by atoms with van der Waals surface area (Å²) in [7, 11) is -1.76. The Balaban J connectivity index is 0. The van der Waals surface area contributed by atoms with Gasteiger partial charge in [-0.3, -0.25) is 4.79 Å². The number of carbonyl (C=O) groups is 1. The molecular formula is C5H12BNO5. The minimum atomic E-state index is -1.76. The predicted molar refractivity (Wildman–Crippen MR) is 42.6 cm³/mol. The monoisotopic (exact) mass is 177 g/mol. The molecule has 0 atom stereocenters. The fourth-order valence-electron chi connectivity index (χ4n) is 0.158. The van der Waals surface area contributed by atoms with Gasteiger partial charge in [0.15, 0.2) is 0 Å². The first kappa shape index (κ1) is 13.7. The van der Waals surface area contributed by atoms with Gasteiger partial charge in [-0.15, -0.1) is 0 Å². The molecule has 1 amide bonds. The Kier molecular flexibility index (Phi) is 11.5. The van der Waals surface area contributed by atoms with E-state index in [1.54, 1.807) is 0 Å². The lowest BCUT2D eigenvalue weighted by atomic mass is 10.3. The summed E-state index contributed by atoms with van der Waals surface area (Å²) >= 11 is 0. The van der Waals surface area contributed by atoms with E-state index in [1.165, 1.54) is 0 Å². The molecule has 70 valence electrons. The number of aliphatic hydroxyl groups is 1. The van der Waals surface area contributed by atoms with Gasteiger partial charge in [0.05, 0.1) is 13.2 Å². The smallest absolute Gasteiger partial charge is 0.402 e. The molecule has 0 aromatic rings. The van der Waals surface area contributed by atoms with E-state index in [1.807, 2.05) is 0 Å². The first-order chi connectivity index (χ1) is 5.54. The van der Waals surface area contributed by atoms with Gasteiger partial charge in [-0.05, 0) is 6.08 Å². The molecule has 0 aliphatic carbocycles. The van der Waals surface area contributed by atoms with Gasteiger partial charge in [0, 0.05) is 0 Å². The van der Waals surface area contributed by atoms with Gasteiger partial charge in [-0.1, -0.05) is 6.58 Å². The fraction of sp³-hybridized carbons (Fsp3) is 0.400. The maximum Gasteiger partial charge on any atom is 0.633 e. The average Bonchev–Trinajstić information content (AvgIpc) is 2.02. The zero-order chi connectivity index (χ0) is 9.98. The van der Waals surface area contributed by atoms with E-state index in [0.29, 0.717) is 0 Å². The van der Waals surface area contributed by atoms with Crippen molar-refractivity contribution in [3.05, 3.63) is 12.7 Å². The molecule has 7 heteroatoms. The number of hydrogen-bond acceptors (Lipinski definition) is 5. The summed E-state index contributed by atoms with van der Waals surface area (Å²) in [5.74, 6) is -0.481. The first-order valence-corrected chi connectivity index (χ1v) is 3.05. The number of aliphatic hydroxyl groups excluding tert-OH is 1. The van der Waals surface area contributed by atoms with Crippen molar-refractivity contribution in [1.82, 2.24) is 0 Å². The summed E-state index contributed by atoms with van der Waals surface area (Å²) in [5, 5.41) is 23.8. The topological polar surface area (TPSA) is 113 Å². The van der Waals surface area contributed by atoms with Gasteiger partial charge in [0.1, 0.15) is 0 Å². The van der Waals surface area contributed by atoms with Gasteiger partial charge in [-0.2, -0.15) is 0 Å². The van der Waals surface area contributed by atoms with Crippen LogP contribution in [0.5, 0.6) is 0 Å². The largest absolute Gasteiger partial charge is 0.633 e. The summed E-state index contributed by atoms with van der Waals surface area (Å²) < 4.78 is 4.05. The number of nitrogens with two attached hydrogens (primary N) is 1. The molecule has 0 bridgehead atoms. The molecule has 0 unspecified atom stereocenters. The van der Waals surface area contributed by atoms with Gasteiger partial charge >= 0.3 is 7.32 Å². The van der Waals surface area contributed by atoms with Crippen molar-refractivity contribution >= 4 is 13.2 Å². The molecule has 6 nitrogen and oxygen atoms in total. The van der Waals surface area contributed by atoms with Crippen molar-refractivity contribution in [2.45, 2.75) is 0 Å². The molecule has 0 aromatic carbocycles. The van der Waals surface area contributed by atoms with Crippen LogP contribution in [0.3, 0.4) is 0 Å². The summed E-state index contributed by atoms with van der Waals surface area (Å²) in [6.07, 6.45) is 1.06. The SMILES string of the molecule is C=CC(N)=O.OCCOB(O)O. The van der Waals surface area contributed by atoms with Gasteiger partial charge in [-0.25, -0.2) is 0 Å². The highest BCUT2D eigenvalue weighted by Gasteiger charge is 2.05. The Labute approximate surface area is 70.4 Å². The standard InChI is InChI=1S/C3H5NO.C2H7BO4/c1-2-3(4)5;4-1-2-7-3(5)6/h2H,1H2,(H2,4,5);4-6H,1-2H2. The zero-order valence-corrected chi connectivity index (χ0v) is 6.51. The molecule has 12 heavy (non-hydrogen) atoms. The van der Waals surface area contributed by atoms with Crippen LogP contribution in [0, 0.1) is 0 Å². The average molecular weight is 177 g/mol. The second-order valence-corrected chi connectivity index (χ2v) is 1.53. The molecule has 0 rings (SSSR count). The van der Waals surface area contributed by atoms with Crippen molar-refractivity contribution < 1.29 is 24.6 Å². The quantitative estimate of drug-likeness (QED) is 0.283. The van der Waals surface area contributed by atoms with E-state index < -0.39 is 13.2 Å². The number of hydrogen-bond donors (Lipinski definition) is 4. The van der Waals surface area contributed by atoms with Crippen LogP contribution in [0.2, 0.25) is 0 Å². The van der Waals surface area contributed by atoms with Crippen molar-refractivity contribution in [3.8, 4) is 0 Å². The molecular weight excluding hydrogens is 165 g/mol. The van der Waals surface area contributed by atoms with Crippen molar-refractivity contribution in [2.75, 3.05) is 13.2 Å². The van der Waals surface area contributed by atoms with Crippen LogP contribution in [0.15, 0.2) is 12.7 Å². The Bertz CT molecular complexity index is 129. The molecule has 0 aliphatic rings. The highest BCUT2D eigenvalue weighted by molar-refractivity contribution is 6.32. The van der Waals surface area contributed by atoms with Crippen molar-refractivity contribution in [3.63, 3.8) is 0 Å². The lowest BCUT2D eigenvalue weighted by Gasteiger charge is -1.95. The van der Waals surface area contributed by atoms with E-state index in [2.05, 4.69) is 17.0 Å². The summed E-state index contributed by atoms with van der Waals surface area (Å²) in [6, 6.07) is 0. The Morgan fingerprint density at radius 3 is 2.17 bits per heavy atom. The molecule has 5 N–H and O–H groups in total. The summed E-state index contributed by atoms with van der Waals surface area (Å²) in [4.78, 5) is 9.47. The van der Waals surface area contributed by atoms with Crippen molar-refractivity contribution in [2.24, 2.45) is 5.73 Å². The zero-order valence-electron chi connectivity index (χ0n) is 6.51. The summed E-state index contributed by atoms with van der Waals surface area (Å²) in [6.45, 7) is 2.84. The van der Waals surface area contributed by atoms with Crippen LogP contribution < -0.4 is 5.73 Å². The highest BCUT2D eigenvalue weighted by atomic mass is 16.6. The van der Waals surface area contributed by atoms with Crippen LogP contribution in [0.25, 0.3) is 0 Å². The minimum absolute atomic E-state index is 0.0440. The van der Waals surface area contributed by atoms with Crippen LogP contribution in [0.1, 0.15) is 0 Å². The van der Waals surface area contributed by atoms with Crippen LogP contribution in [0.4, 0.5) is 0 Å². The molecule has 0 spiro atoms. The van der Waals surface area contributed by atoms with Crippen LogP contribution >= 0.6 is 0 Å². The number of rotatable bonds is 4. The lowest BCUT2D eigenvalue weighted by molar-refractivity contribution is -0.113. The first-order valence-electron chi connectivity index (χ1n) is 3.05. The number of amides is 1. The number of carbonyl (C=O) groups excluding carboxylic acids is 1. The molecule has 0 fully saturated rings. The van der Waals surface area contributed by atoms with Gasteiger partial charge < -0.3 is 25.5 Å². The normalized spacial score (nSPS) is 7.92.